The molecule has 0 saturated carbocycles. The summed E-state index contributed by atoms with van der Waals surface area (Å²) in [6, 6.07) is 15.6. The Bertz CT molecular complexity index is 667. The number of nitrogens with zero attached hydrogens (tertiary/aromatic N) is 1. The van der Waals surface area contributed by atoms with Gasteiger partial charge in [-0.2, -0.15) is 0 Å². The number of anilines is 2. The highest BCUT2D eigenvalue weighted by Gasteiger charge is 2.12. The molecule has 4 nitrogen and oxygen atoms in total. The van der Waals surface area contributed by atoms with Crippen LogP contribution < -0.4 is 10.2 Å². The number of morpholine rings is 1. The highest BCUT2D eigenvalue weighted by Crippen LogP contribution is 2.20. The van der Waals surface area contributed by atoms with Crippen molar-refractivity contribution >= 4 is 29.0 Å². The van der Waals surface area contributed by atoms with E-state index < -0.39 is 0 Å². The maximum Gasteiger partial charge on any atom is 0.255 e. The summed E-state index contributed by atoms with van der Waals surface area (Å²) < 4.78 is 5.36. The van der Waals surface area contributed by atoms with Crippen LogP contribution in [-0.2, 0) is 4.74 Å². The van der Waals surface area contributed by atoms with Crippen LogP contribution in [-0.4, -0.2) is 38.5 Å². The lowest BCUT2D eigenvalue weighted by Gasteiger charge is -2.28. The molecule has 1 fully saturated rings. The van der Waals surface area contributed by atoms with Gasteiger partial charge in [0.2, 0.25) is 0 Å². The molecule has 0 spiro atoms. The zero-order valence-corrected chi connectivity index (χ0v) is 13.9. The van der Waals surface area contributed by atoms with Crippen molar-refractivity contribution in [1.82, 2.24) is 0 Å². The van der Waals surface area contributed by atoms with Gasteiger partial charge in [0.1, 0.15) is 0 Å². The second-order valence-electron chi connectivity index (χ2n) is 5.33. The van der Waals surface area contributed by atoms with Crippen LogP contribution in [0, 0.1) is 0 Å². The van der Waals surface area contributed by atoms with Crippen LogP contribution in [0.25, 0.3) is 0 Å². The Kier molecular flexibility index (Phi) is 5.20. The molecule has 1 heterocycles. The quantitative estimate of drug-likeness (QED) is 0.872. The van der Waals surface area contributed by atoms with Crippen molar-refractivity contribution in [2.24, 2.45) is 0 Å². The molecule has 0 atom stereocenters. The number of ether oxygens (including phenoxy) is 1. The zero-order valence-electron chi connectivity index (χ0n) is 13.1. The second-order valence-corrected chi connectivity index (χ2v) is 6.21. The summed E-state index contributed by atoms with van der Waals surface area (Å²) in [5.74, 6) is -0.0863. The van der Waals surface area contributed by atoms with Crippen LogP contribution in [0.4, 0.5) is 11.4 Å². The lowest BCUT2D eigenvalue weighted by Crippen LogP contribution is -2.36. The molecule has 1 amide bonds. The molecule has 1 aliphatic heterocycles. The van der Waals surface area contributed by atoms with E-state index in [0.717, 1.165) is 42.6 Å². The van der Waals surface area contributed by atoms with Crippen molar-refractivity contribution in [2.45, 2.75) is 4.90 Å². The van der Waals surface area contributed by atoms with Crippen LogP contribution in [0.5, 0.6) is 0 Å². The molecule has 0 unspecified atom stereocenters. The van der Waals surface area contributed by atoms with Crippen LogP contribution >= 0.6 is 11.8 Å². The van der Waals surface area contributed by atoms with Crippen molar-refractivity contribution in [1.29, 1.82) is 0 Å². The van der Waals surface area contributed by atoms with Crippen molar-refractivity contribution < 1.29 is 9.53 Å². The number of thioether (sulfide) groups is 1. The molecule has 0 aromatic heterocycles. The number of carbonyl (C=O) groups excluding carboxylic acids is 1. The molecule has 2 aromatic rings. The van der Waals surface area contributed by atoms with Crippen molar-refractivity contribution in [3.63, 3.8) is 0 Å². The van der Waals surface area contributed by atoms with Crippen LogP contribution in [0.3, 0.4) is 0 Å². The first kappa shape index (κ1) is 15.9. The number of amides is 1. The first-order valence-corrected chi connectivity index (χ1v) is 8.87. The molecular weight excluding hydrogens is 308 g/mol. The first-order chi connectivity index (χ1) is 11.3. The Labute approximate surface area is 140 Å². The van der Waals surface area contributed by atoms with E-state index in [1.807, 2.05) is 54.8 Å². The van der Waals surface area contributed by atoms with Gasteiger partial charge in [-0.05, 0) is 48.7 Å². The number of hydrogen-bond acceptors (Lipinski definition) is 4. The van der Waals surface area contributed by atoms with Crippen molar-refractivity contribution in [3.8, 4) is 0 Å². The fourth-order valence-corrected chi connectivity index (χ4v) is 3.01. The summed E-state index contributed by atoms with van der Waals surface area (Å²) in [5, 5.41) is 2.95. The maximum absolute atomic E-state index is 12.3. The van der Waals surface area contributed by atoms with Gasteiger partial charge in [0, 0.05) is 34.9 Å². The van der Waals surface area contributed by atoms with E-state index in [1.54, 1.807) is 11.8 Å². The van der Waals surface area contributed by atoms with E-state index in [2.05, 4.69) is 10.2 Å². The first-order valence-electron chi connectivity index (χ1n) is 7.64. The number of rotatable bonds is 4. The highest BCUT2D eigenvalue weighted by atomic mass is 32.2. The minimum absolute atomic E-state index is 0.0863. The molecule has 0 radical (unpaired) electrons. The van der Waals surface area contributed by atoms with Gasteiger partial charge >= 0.3 is 0 Å². The van der Waals surface area contributed by atoms with E-state index in [4.69, 9.17) is 4.74 Å². The Balaban J connectivity index is 1.67. The van der Waals surface area contributed by atoms with Crippen LogP contribution in [0.2, 0.25) is 0 Å². The largest absolute Gasteiger partial charge is 0.378 e. The van der Waals surface area contributed by atoms with Gasteiger partial charge in [-0.1, -0.05) is 6.07 Å². The predicted molar refractivity (Wildman–Crippen MR) is 95.7 cm³/mol. The SMILES string of the molecule is CSc1cccc(NC(=O)c2ccc(N3CCOCC3)cc2)c1. The normalized spacial score (nSPS) is 14.6. The molecule has 23 heavy (non-hydrogen) atoms. The topological polar surface area (TPSA) is 41.6 Å². The van der Waals surface area contributed by atoms with Gasteiger partial charge in [0.25, 0.3) is 5.91 Å². The summed E-state index contributed by atoms with van der Waals surface area (Å²) in [6.45, 7) is 3.31. The third kappa shape index (κ3) is 4.06. The maximum atomic E-state index is 12.3. The molecule has 1 aliphatic rings. The van der Waals surface area contributed by atoms with E-state index >= 15 is 0 Å². The summed E-state index contributed by atoms with van der Waals surface area (Å²) >= 11 is 1.66. The fraction of sp³-hybridized carbons (Fsp3) is 0.278. The highest BCUT2D eigenvalue weighted by molar-refractivity contribution is 7.98. The van der Waals surface area contributed by atoms with Gasteiger partial charge in [-0.25, -0.2) is 0 Å². The Hall–Kier alpha value is -1.98. The number of benzene rings is 2. The van der Waals surface area contributed by atoms with Crippen LogP contribution in [0.15, 0.2) is 53.4 Å². The zero-order chi connectivity index (χ0) is 16.1. The van der Waals surface area contributed by atoms with Gasteiger partial charge in [0.15, 0.2) is 0 Å². The summed E-state index contributed by atoms with van der Waals surface area (Å²) in [5.41, 5.74) is 2.62. The van der Waals surface area contributed by atoms with Gasteiger partial charge in [0.05, 0.1) is 13.2 Å². The van der Waals surface area contributed by atoms with Gasteiger partial charge < -0.3 is 15.0 Å². The van der Waals surface area contributed by atoms with E-state index in [-0.39, 0.29) is 5.91 Å². The molecule has 2 aromatic carbocycles. The lowest BCUT2D eigenvalue weighted by molar-refractivity contribution is 0.102. The van der Waals surface area contributed by atoms with E-state index in [0.29, 0.717) is 5.56 Å². The van der Waals surface area contributed by atoms with Crippen LogP contribution in [0.1, 0.15) is 10.4 Å². The minimum atomic E-state index is -0.0863. The predicted octanol–water partition coefficient (Wildman–Crippen LogP) is 3.50. The molecule has 0 bridgehead atoms. The minimum Gasteiger partial charge on any atom is -0.378 e. The average molecular weight is 328 g/mol. The number of carbonyl (C=O) groups is 1. The average Bonchev–Trinajstić information content (AvgIpc) is 2.63. The van der Waals surface area contributed by atoms with Gasteiger partial charge in [-0.3, -0.25) is 4.79 Å². The van der Waals surface area contributed by atoms with Crippen molar-refractivity contribution in [3.05, 3.63) is 54.1 Å². The van der Waals surface area contributed by atoms with Gasteiger partial charge in [-0.15, -0.1) is 11.8 Å². The standard InChI is InChI=1S/C18H20N2O2S/c1-23-17-4-2-3-15(13-17)19-18(21)14-5-7-16(8-6-14)20-9-11-22-12-10-20/h2-8,13H,9-12H2,1H3,(H,19,21). The third-order valence-electron chi connectivity index (χ3n) is 3.83. The monoisotopic (exact) mass is 328 g/mol. The molecule has 120 valence electrons. The van der Waals surface area contributed by atoms with E-state index in [9.17, 15) is 4.79 Å². The van der Waals surface area contributed by atoms with E-state index in [1.165, 1.54) is 0 Å². The Morgan fingerprint density at radius 3 is 2.57 bits per heavy atom. The number of nitrogens with one attached hydrogen (secondary N) is 1. The van der Waals surface area contributed by atoms with Crippen molar-refractivity contribution in [2.75, 3.05) is 42.8 Å². The summed E-state index contributed by atoms with van der Waals surface area (Å²) in [4.78, 5) is 15.8. The molecule has 1 N–H and O–H groups in total. The second kappa shape index (κ2) is 7.53. The summed E-state index contributed by atoms with van der Waals surface area (Å²) in [6.07, 6.45) is 2.02. The molecule has 5 heteroatoms. The Morgan fingerprint density at radius 1 is 1.13 bits per heavy atom. The smallest absolute Gasteiger partial charge is 0.255 e. The molecule has 1 saturated heterocycles. The summed E-state index contributed by atoms with van der Waals surface area (Å²) in [7, 11) is 0. The molecular formula is C18H20N2O2S. The Morgan fingerprint density at radius 2 is 1.87 bits per heavy atom. The number of hydrogen-bond donors (Lipinski definition) is 1. The lowest BCUT2D eigenvalue weighted by atomic mass is 10.1. The third-order valence-corrected chi connectivity index (χ3v) is 4.56. The molecule has 3 rings (SSSR count). The molecule has 0 aliphatic carbocycles. The fourth-order valence-electron chi connectivity index (χ4n) is 2.55.